The maximum Gasteiger partial charge on any atom is 0.247 e. The number of hydrogen-bond donors (Lipinski definition) is 2. The van der Waals surface area contributed by atoms with Crippen LogP contribution in [-0.2, 0) is 16.0 Å². The summed E-state index contributed by atoms with van der Waals surface area (Å²) in [4.78, 5) is 29.9. The lowest BCUT2D eigenvalue weighted by atomic mass is 10.1. The Labute approximate surface area is 145 Å². The molecule has 1 aromatic heterocycles. The molecule has 0 saturated heterocycles. The summed E-state index contributed by atoms with van der Waals surface area (Å²) in [6, 6.07) is 15.0. The summed E-state index contributed by atoms with van der Waals surface area (Å²) in [6.07, 6.45) is 2.95. The molecule has 4 rings (SSSR count). The monoisotopic (exact) mass is 333 g/mol. The first-order valence-corrected chi connectivity index (χ1v) is 8.42. The minimum absolute atomic E-state index is 0.0416. The number of aryl methyl sites for hydroxylation is 1. The van der Waals surface area contributed by atoms with Gasteiger partial charge < -0.3 is 10.3 Å². The largest absolute Gasteiger partial charge is 0.361 e. The van der Waals surface area contributed by atoms with Gasteiger partial charge in [-0.2, -0.15) is 0 Å². The molecule has 5 heteroatoms. The Morgan fingerprint density at radius 1 is 1.12 bits per heavy atom. The van der Waals surface area contributed by atoms with Gasteiger partial charge in [0.1, 0.15) is 6.04 Å². The van der Waals surface area contributed by atoms with Crippen molar-refractivity contribution < 1.29 is 9.59 Å². The van der Waals surface area contributed by atoms with E-state index in [0.717, 1.165) is 22.2 Å². The van der Waals surface area contributed by atoms with Gasteiger partial charge in [0.2, 0.25) is 11.8 Å². The average molecular weight is 333 g/mol. The number of amides is 2. The number of carbonyl (C=O) groups is 2. The van der Waals surface area contributed by atoms with Gasteiger partial charge in [-0.1, -0.05) is 30.3 Å². The van der Waals surface area contributed by atoms with E-state index in [1.807, 2.05) is 48.7 Å². The van der Waals surface area contributed by atoms with Gasteiger partial charge in [-0.25, -0.2) is 0 Å². The molecule has 2 heterocycles. The molecule has 0 unspecified atom stereocenters. The zero-order chi connectivity index (χ0) is 17.4. The molecule has 2 N–H and O–H groups in total. The second kappa shape index (κ2) is 6.09. The van der Waals surface area contributed by atoms with Crippen LogP contribution in [0.2, 0.25) is 0 Å². The topological polar surface area (TPSA) is 65.2 Å². The van der Waals surface area contributed by atoms with Crippen molar-refractivity contribution in [3.05, 3.63) is 60.3 Å². The lowest BCUT2D eigenvalue weighted by Crippen LogP contribution is -2.49. The van der Waals surface area contributed by atoms with Crippen molar-refractivity contribution in [3.63, 3.8) is 0 Å². The highest BCUT2D eigenvalue weighted by atomic mass is 16.2. The fourth-order valence-electron chi connectivity index (χ4n) is 3.40. The summed E-state index contributed by atoms with van der Waals surface area (Å²) < 4.78 is 0. The van der Waals surface area contributed by atoms with Crippen LogP contribution in [0.5, 0.6) is 0 Å². The average Bonchev–Trinajstić information content (AvgIpc) is 3.04. The van der Waals surface area contributed by atoms with Crippen LogP contribution in [0.15, 0.2) is 54.7 Å². The quantitative estimate of drug-likeness (QED) is 0.771. The predicted molar refractivity (Wildman–Crippen MR) is 98.6 cm³/mol. The fourth-order valence-corrected chi connectivity index (χ4v) is 3.40. The molecule has 1 atom stereocenters. The highest BCUT2D eigenvalue weighted by Crippen LogP contribution is 2.32. The van der Waals surface area contributed by atoms with Crippen LogP contribution in [0.4, 0.5) is 11.4 Å². The van der Waals surface area contributed by atoms with Crippen molar-refractivity contribution in [2.45, 2.75) is 25.8 Å². The number of para-hydroxylation sites is 3. The third-order valence-electron chi connectivity index (χ3n) is 4.74. The number of hydrogen-bond acceptors (Lipinski definition) is 2. The number of nitrogens with zero attached hydrogens (tertiary/aromatic N) is 1. The van der Waals surface area contributed by atoms with Crippen LogP contribution in [0.3, 0.4) is 0 Å². The Morgan fingerprint density at radius 3 is 2.76 bits per heavy atom. The van der Waals surface area contributed by atoms with Crippen molar-refractivity contribution >= 4 is 34.1 Å². The van der Waals surface area contributed by atoms with Crippen LogP contribution in [0, 0.1) is 0 Å². The van der Waals surface area contributed by atoms with Gasteiger partial charge >= 0.3 is 0 Å². The lowest BCUT2D eigenvalue weighted by Gasteiger charge is -2.34. The number of benzene rings is 2. The third kappa shape index (κ3) is 2.67. The molecular weight excluding hydrogens is 314 g/mol. The van der Waals surface area contributed by atoms with Crippen LogP contribution >= 0.6 is 0 Å². The van der Waals surface area contributed by atoms with Crippen molar-refractivity contribution in [2.24, 2.45) is 0 Å². The van der Waals surface area contributed by atoms with Crippen molar-refractivity contribution in [1.82, 2.24) is 4.98 Å². The summed E-state index contributed by atoms with van der Waals surface area (Å²) in [6.45, 7) is 1.76. The summed E-state index contributed by atoms with van der Waals surface area (Å²) >= 11 is 0. The van der Waals surface area contributed by atoms with E-state index >= 15 is 0 Å². The van der Waals surface area contributed by atoms with Crippen LogP contribution in [0.1, 0.15) is 18.9 Å². The van der Waals surface area contributed by atoms with E-state index in [1.54, 1.807) is 11.8 Å². The normalized spacial score (nSPS) is 16.6. The highest BCUT2D eigenvalue weighted by molar-refractivity contribution is 6.11. The Morgan fingerprint density at radius 2 is 1.88 bits per heavy atom. The molecule has 0 aliphatic carbocycles. The third-order valence-corrected chi connectivity index (χ3v) is 4.74. The Hall–Kier alpha value is -3.08. The molecule has 0 fully saturated rings. The SMILES string of the molecule is C[C@H]1C(=O)Nc2ccccc2N1C(=O)CCc1c[nH]c2ccccc12. The number of fused-ring (bicyclic) bond motifs is 2. The number of nitrogens with one attached hydrogen (secondary N) is 2. The molecule has 1 aliphatic heterocycles. The molecule has 0 saturated carbocycles. The van der Waals surface area contributed by atoms with E-state index < -0.39 is 6.04 Å². The zero-order valence-electron chi connectivity index (χ0n) is 14.0. The molecule has 5 nitrogen and oxygen atoms in total. The van der Waals surface area contributed by atoms with Crippen molar-refractivity contribution in [3.8, 4) is 0 Å². The van der Waals surface area contributed by atoms with E-state index in [0.29, 0.717) is 18.5 Å². The second-order valence-corrected chi connectivity index (χ2v) is 6.31. The maximum absolute atomic E-state index is 12.9. The van der Waals surface area contributed by atoms with Crippen LogP contribution in [0.25, 0.3) is 10.9 Å². The molecular formula is C20H19N3O2. The van der Waals surface area contributed by atoms with Crippen molar-refractivity contribution in [2.75, 3.05) is 10.2 Å². The molecule has 2 amide bonds. The minimum atomic E-state index is -0.509. The smallest absolute Gasteiger partial charge is 0.247 e. The number of anilines is 2. The van der Waals surface area contributed by atoms with Gasteiger partial charge in [-0.05, 0) is 37.1 Å². The van der Waals surface area contributed by atoms with Crippen LogP contribution < -0.4 is 10.2 Å². The Balaban J connectivity index is 1.57. The summed E-state index contributed by atoms with van der Waals surface area (Å²) in [7, 11) is 0. The number of H-pyrrole nitrogens is 1. The number of aromatic nitrogens is 1. The second-order valence-electron chi connectivity index (χ2n) is 6.31. The first-order valence-electron chi connectivity index (χ1n) is 8.42. The molecule has 25 heavy (non-hydrogen) atoms. The Kier molecular flexibility index (Phi) is 3.76. The van der Waals surface area contributed by atoms with E-state index in [2.05, 4.69) is 16.4 Å². The zero-order valence-corrected chi connectivity index (χ0v) is 14.0. The summed E-state index contributed by atoms with van der Waals surface area (Å²) in [5.74, 6) is -0.195. The minimum Gasteiger partial charge on any atom is -0.361 e. The van der Waals surface area contributed by atoms with Gasteiger partial charge in [0.15, 0.2) is 0 Å². The Bertz CT molecular complexity index is 960. The number of carbonyl (C=O) groups excluding carboxylic acids is 2. The molecule has 0 radical (unpaired) electrons. The summed E-state index contributed by atoms with van der Waals surface area (Å²) in [5, 5.41) is 3.99. The van der Waals surface area contributed by atoms with E-state index in [4.69, 9.17) is 0 Å². The highest BCUT2D eigenvalue weighted by Gasteiger charge is 2.33. The number of rotatable bonds is 3. The fraction of sp³-hybridized carbons (Fsp3) is 0.200. The number of aromatic amines is 1. The van der Waals surface area contributed by atoms with Gasteiger partial charge in [0.25, 0.3) is 0 Å². The van der Waals surface area contributed by atoms with Gasteiger partial charge in [-0.15, -0.1) is 0 Å². The molecule has 3 aromatic rings. The van der Waals surface area contributed by atoms with E-state index in [9.17, 15) is 9.59 Å². The van der Waals surface area contributed by atoms with Gasteiger partial charge in [-0.3, -0.25) is 14.5 Å². The summed E-state index contributed by atoms with van der Waals surface area (Å²) in [5.41, 5.74) is 3.64. The standard InChI is InChI=1S/C20H19N3O2/c1-13-20(25)22-17-8-4-5-9-18(17)23(13)19(24)11-10-14-12-21-16-7-3-2-6-15(14)16/h2-9,12-13,21H,10-11H2,1H3,(H,22,25)/t13-/m0/s1. The maximum atomic E-state index is 12.9. The molecule has 126 valence electrons. The van der Waals surface area contributed by atoms with E-state index in [1.165, 1.54) is 0 Å². The molecule has 0 spiro atoms. The van der Waals surface area contributed by atoms with Crippen molar-refractivity contribution in [1.29, 1.82) is 0 Å². The van der Waals surface area contributed by atoms with Gasteiger partial charge in [0, 0.05) is 23.5 Å². The molecule has 0 bridgehead atoms. The van der Waals surface area contributed by atoms with E-state index in [-0.39, 0.29) is 11.8 Å². The predicted octanol–water partition coefficient (Wildman–Crippen LogP) is 3.47. The van der Waals surface area contributed by atoms with Gasteiger partial charge in [0.05, 0.1) is 11.4 Å². The molecule has 1 aliphatic rings. The van der Waals surface area contributed by atoms with Crippen LogP contribution in [-0.4, -0.2) is 22.8 Å². The first kappa shape index (κ1) is 15.4. The molecule has 2 aromatic carbocycles. The lowest BCUT2D eigenvalue weighted by molar-refractivity contribution is -0.123. The first-order chi connectivity index (χ1) is 12.1.